The highest BCUT2D eigenvalue weighted by molar-refractivity contribution is 7.92. The number of nitrogens with one attached hydrogen (secondary N) is 1. The number of ether oxygens (including phenoxy) is 1. The van der Waals surface area contributed by atoms with Crippen molar-refractivity contribution in [1.82, 2.24) is 0 Å². The summed E-state index contributed by atoms with van der Waals surface area (Å²) in [5.41, 5.74) is 3.87. The van der Waals surface area contributed by atoms with Gasteiger partial charge in [-0.3, -0.25) is 9.10 Å². The minimum atomic E-state index is -3.96. The van der Waals surface area contributed by atoms with Crippen LogP contribution in [0.25, 0.3) is 0 Å². The van der Waals surface area contributed by atoms with Gasteiger partial charge in [-0.2, -0.15) is 0 Å². The minimum Gasteiger partial charge on any atom is -0.489 e. The Kier molecular flexibility index (Phi) is 7.71. The molecule has 36 heavy (non-hydrogen) atoms. The number of aryl methyl sites for hydroxylation is 2. The third kappa shape index (κ3) is 6.31. The number of amides is 1. The molecule has 0 bridgehead atoms. The number of nitrogens with zero attached hydrogens (tertiary/aromatic N) is 1. The van der Waals surface area contributed by atoms with Gasteiger partial charge in [-0.25, -0.2) is 8.42 Å². The fourth-order valence-electron chi connectivity index (χ4n) is 3.64. The molecule has 0 aliphatic carbocycles. The molecular weight excluding hydrogens is 472 g/mol. The zero-order chi connectivity index (χ0) is 25.5. The highest BCUT2D eigenvalue weighted by atomic mass is 32.2. The van der Waals surface area contributed by atoms with Gasteiger partial charge in [0.05, 0.1) is 10.6 Å². The number of benzene rings is 4. The van der Waals surface area contributed by atoms with E-state index in [1.807, 2.05) is 50.2 Å². The summed E-state index contributed by atoms with van der Waals surface area (Å²) in [6, 6.07) is 30.5. The Morgan fingerprint density at radius 3 is 2.17 bits per heavy atom. The zero-order valence-electron chi connectivity index (χ0n) is 20.2. The fourth-order valence-corrected chi connectivity index (χ4v) is 5.05. The summed E-state index contributed by atoms with van der Waals surface area (Å²) in [6.07, 6.45) is 0. The second-order valence-corrected chi connectivity index (χ2v) is 10.4. The van der Waals surface area contributed by atoms with E-state index in [1.54, 1.807) is 66.7 Å². The van der Waals surface area contributed by atoms with Crippen molar-refractivity contribution in [2.45, 2.75) is 25.3 Å². The molecule has 0 aliphatic rings. The molecule has 6 nitrogen and oxygen atoms in total. The van der Waals surface area contributed by atoms with Crippen molar-refractivity contribution < 1.29 is 17.9 Å². The van der Waals surface area contributed by atoms with Crippen LogP contribution in [-0.4, -0.2) is 20.9 Å². The number of rotatable bonds is 9. The molecule has 0 aromatic heterocycles. The van der Waals surface area contributed by atoms with E-state index in [4.69, 9.17) is 4.74 Å². The first kappa shape index (κ1) is 25.0. The van der Waals surface area contributed by atoms with Crippen molar-refractivity contribution >= 4 is 27.3 Å². The Morgan fingerprint density at radius 1 is 0.806 bits per heavy atom. The number of carbonyl (C=O) groups excluding carboxylic acids is 1. The van der Waals surface area contributed by atoms with E-state index in [1.165, 1.54) is 0 Å². The van der Waals surface area contributed by atoms with Gasteiger partial charge in [0.15, 0.2) is 0 Å². The first-order valence-electron chi connectivity index (χ1n) is 11.5. The molecule has 0 radical (unpaired) electrons. The molecule has 0 saturated carbocycles. The van der Waals surface area contributed by atoms with E-state index < -0.39 is 15.9 Å². The van der Waals surface area contributed by atoms with E-state index >= 15 is 0 Å². The Balaban J connectivity index is 1.48. The zero-order valence-corrected chi connectivity index (χ0v) is 21.0. The summed E-state index contributed by atoms with van der Waals surface area (Å²) in [4.78, 5) is 13.1. The fraction of sp³-hybridized carbons (Fsp3) is 0.138. The van der Waals surface area contributed by atoms with Crippen molar-refractivity contribution in [3.63, 3.8) is 0 Å². The second-order valence-electron chi connectivity index (χ2n) is 8.51. The first-order chi connectivity index (χ1) is 17.3. The maximum atomic E-state index is 13.5. The van der Waals surface area contributed by atoms with Crippen LogP contribution in [0.5, 0.6) is 5.75 Å². The van der Waals surface area contributed by atoms with Gasteiger partial charge in [0.2, 0.25) is 5.91 Å². The van der Waals surface area contributed by atoms with E-state index in [2.05, 4.69) is 5.32 Å². The second kappa shape index (κ2) is 11.1. The van der Waals surface area contributed by atoms with Crippen LogP contribution in [-0.2, 0) is 21.4 Å². The molecule has 0 atom stereocenters. The monoisotopic (exact) mass is 500 g/mol. The maximum Gasteiger partial charge on any atom is 0.264 e. The molecule has 184 valence electrons. The smallest absolute Gasteiger partial charge is 0.264 e. The molecule has 4 aromatic carbocycles. The standard InChI is InChI=1S/C29H28N2O4S/c1-22-11-17-28(18-12-22)36(33,34)31(26-10-6-7-23(2)19-26)20-29(32)30-25-13-15-27(16-14-25)35-21-24-8-4-3-5-9-24/h3-19H,20-21H2,1-2H3,(H,30,32). The van der Waals surface area contributed by atoms with Crippen molar-refractivity contribution in [3.05, 3.63) is 120 Å². The number of sulfonamides is 1. The SMILES string of the molecule is Cc1ccc(S(=O)(=O)N(CC(=O)Nc2ccc(OCc3ccccc3)cc2)c2cccc(C)c2)cc1. The van der Waals surface area contributed by atoms with Crippen LogP contribution in [0.4, 0.5) is 11.4 Å². The lowest BCUT2D eigenvalue weighted by Gasteiger charge is -2.24. The molecule has 0 saturated heterocycles. The van der Waals surface area contributed by atoms with Gasteiger partial charge in [-0.1, -0.05) is 60.2 Å². The Labute approximate surface area is 212 Å². The van der Waals surface area contributed by atoms with Crippen LogP contribution in [0.3, 0.4) is 0 Å². The number of anilines is 2. The van der Waals surface area contributed by atoms with Crippen LogP contribution in [0.2, 0.25) is 0 Å². The lowest BCUT2D eigenvalue weighted by Crippen LogP contribution is -2.38. The normalized spacial score (nSPS) is 11.1. The topological polar surface area (TPSA) is 75.7 Å². The number of hydrogen-bond donors (Lipinski definition) is 1. The van der Waals surface area contributed by atoms with Crippen LogP contribution in [0.1, 0.15) is 16.7 Å². The van der Waals surface area contributed by atoms with Crippen LogP contribution < -0.4 is 14.4 Å². The largest absolute Gasteiger partial charge is 0.489 e. The van der Waals surface area contributed by atoms with Gasteiger partial charge in [0, 0.05) is 5.69 Å². The maximum absolute atomic E-state index is 13.5. The molecule has 7 heteroatoms. The van der Waals surface area contributed by atoms with E-state index in [-0.39, 0.29) is 11.4 Å². The molecule has 0 heterocycles. The summed E-state index contributed by atoms with van der Waals surface area (Å²) in [7, 11) is -3.96. The average molecular weight is 501 g/mol. The molecule has 0 aliphatic heterocycles. The molecule has 1 amide bonds. The van der Waals surface area contributed by atoms with Crippen molar-refractivity contribution in [2.24, 2.45) is 0 Å². The Hall–Kier alpha value is -4.10. The highest BCUT2D eigenvalue weighted by Crippen LogP contribution is 2.25. The van der Waals surface area contributed by atoms with Gasteiger partial charge >= 0.3 is 0 Å². The predicted octanol–water partition coefficient (Wildman–Crippen LogP) is 5.72. The molecular formula is C29H28N2O4S. The van der Waals surface area contributed by atoms with E-state index in [0.717, 1.165) is 21.0 Å². The van der Waals surface area contributed by atoms with E-state index in [0.29, 0.717) is 23.7 Å². The summed E-state index contributed by atoms with van der Waals surface area (Å²) < 4.78 is 33.9. The Bertz CT molecular complexity index is 1420. The van der Waals surface area contributed by atoms with Crippen molar-refractivity contribution in [1.29, 1.82) is 0 Å². The lowest BCUT2D eigenvalue weighted by atomic mass is 10.2. The van der Waals surface area contributed by atoms with Gasteiger partial charge in [-0.05, 0) is 73.5 Å². The molecule has 0 fully saturated rings. The van der Waals surface area contributed by atoms with Crippen LogP contribution in [0.15, 0.2) is 108 Å². The van der Waals surface area contributed by atoms with E-state index in [9.17, 15) is 13.2 Å². The first-order valence-corrected chi connectivity index (χ1v) is 13.0. The third-order valence-corrected chi connectivity index (χ3v) is 7.36. The number of carbonyl (C=O) groups is 1. The molecule has 4 rings (SSSR count). The quantitative estimate of drug-likeness (QED) is 0.319. The molecule has 4 aromatic rings. The molecule has 0 spiro atoms. The van der Waals surface area contributed by atoms with Gasteiger partial charge in [0.25, 0.3) is 10.0 Å². The molecule has 1 N–H and O–H groups in total. The summed E-state index contributed by atoms with van der Waals surface area (Å²) in [5, 5.41) is 2.79. The van der Waals surface area contributed by atoms with Gasteiger partial charge in [0.1, 0.15) is 18.9 Å². The average Bonchev–Trinajstić information content (AvgIpc) is 2.88. The van der Waals surface area contributed by atoms with Crippen molar-refractivity contribution in [3.8, 4) is 5.75 Å². The van der Waals surface area contributed by atoms with Crippen molar-refractivity contribution in [2.75, 3.05) is 16.2 Å². The molecule has 0 unspecified atom stereocenters. The van der Waals surface area contributed by atoms with Crippen LogP contribution >= 0.6 is 0 Å². The minimum absolute atomic E-state index is 0.127. The highest BCUT2D eigenvalue weighted by Gasteiger charge is 2.27. The summed E-state index contributed by atoms with van der Waals surface area (Å²) >= 11 is 0. The Morgan fingerprint density at radius 2 is 1.50 bits per heavy atom. The third-order valence-electron chi connectivity index (χ3n) is 5.57. The number of hydrogen-bond acceptors (Lipinski definition) is 4. The summed E-state index contributed by atoms with van der Waals surface area (Å²) in [6.45, 7) is 3.84. The van der Waals surface area contributed by atoms with Crippen LogP contribution in [0, 0.1) is 13.8 Å². The predicted molar refractivity (Wildman–Crippen MR) is 143 cm³/mol. The summed E-state index contributed by atoms with van der Waals surface area (Å²) in [5.74, 6) is 0.213. The lowest BCUT2D eigenvalue weighted by molar-refractivity contribution is -0.114. The van der Waals surface area contributed by atoms with Gasteiger partial charge < -0.3 is 10.1 Å². The van der Waals surface area contributed by atoms with Gasteiger partial charge in [-0.15, -0.1) is 0 Å².